The third-order valence-electron chi connectivity index (χ3n) is 4.49. The zero-order valence-electron chi connectivity index (χ0n) is 17.3. The second-order valence-corrected chi connectivity index (χ2v) is 6.55. The molecule has 0 saturated carbocycles. The Balaban J connectivity index is 1.73. The van der Waals surface area contributed by atoms with Gasteiger partial charge in [-0.2, -0.15) is 0 Å². The number of nitro groups is 1. The molecular formula is C21H18N2O9. The van der Waals surface area contributed by atoms with Crippen molar-refractivity contribution in [1.82, 2.24) is 0 Å². The summed E-state index contributed by atoms with van der Waals surface area (Å²) in [5.74, 6) is -1.48. The lowest BCUT2D eigenvalue weighted by Gasteiger charge is -2.11. The Bertz CT molecular complexity index is 1280. The van der Waals surface area contributed by atoms with Crippen LogP contribution in [0.3, 0.4) is 0 Å². The van der Waals surface area contributed by atoms with E-state index in [1.807, 2.05) is 0 Å². The molecule has 1 amide bonds. The van der Waals surface area contributed by atoms with Crippen molar-refractivity contribution in [2.24, 2.45) is 0 Å². The number of aryl methyl sites for hydroxylation is 1. The Hall–Kier alpha value is -4.41. The second kappa shape index (κ2) is 9.16. The number of nitrogens with one attached hydrogen (secondary N) is 1. The van der Waals surface area contributed by atoms with E-state index in [2.05, 4.69) is 5.32 Å². The lowest BCUT2D eigenvalue weighted by atomic mass is 10.1. The fraction of sp³-hybridized carbons (Fsp3) is 0.190. The molecule has 0 saturated heterocycles. The van der Waals surface area contributed by atoms with Gasteiger partial charge >= 0.3 is 17.3 Å². The Morgan fingerprint density at radius 1 is 1.12 bits per heavy atom. The van der Waals surface area contributed by atoms with Crippen LogP contribution in [0.1, 0.15) is 15.9 Å². The number of rotatable bonds is 7. The summed E-state index contributed by atoms with van der Waals surface area (Å²) >= 11 is 0. The molecule has 0 aliphatic carbocycles. The summed E-state index contributed by atoms with van der Waals surface area (Å²) in [6.45, 7) is 0.857. The van der Waals surface area contributed by atoms with Crippen LogP contribution >= 0.6 is 0 Å². The number of nitro benzene ring substituents is 1. The van der Waals surface area contributed by atoms with E-state index in [1.165, 1.54) is 32.4 Å². The molecule has 1 aromatic heterocycles. The fourth-order valence-corrected chi connectivity index (χ4v) is 2.93. The van der Waals surface area contributed by atoms with Crippen molar-refractivity contribution in [1.29, 1.82) is 0 Å². The molecule has 11 nitrogen and oxygen atoms in total. The predicted molar refractivity (Wildman–Crippen MR) is 112 cm³/mol. The lowest BCUT2D eigenvalue weighted by molar-refractivity contribution is -0.385. The maximum absolute atomic E-state index is 12.3. The molecule has 3 aromatic rings. The SMILES string of the molecule is COc1cc(NC(=O)COC(=O)c2cc3cccc(OC)c3oc2=O)c(C)cc1[N+](=O)[O-]. The van der Waals surface area contributed by atoms with Crippen molar-refractivity contribution >= 4 is 34.2 Å². The summed E-state index contributed by atoms with van der Waals surface area (Å²) < 4.78 is 20.2. The van der Waals surface area contributed by atoms with E-state index >= 15 is 0 Å². The summed E-state index contributed by atoms with van der Waals surface area (Å²) in [5.41, 5.74) is -0.756. The quantitative estimate of drug-likeness (QED) is 0.252. The van der Waals surface area contributed by atoms with Crippen molar-refractivity contribution in [2.45, 2.75) is 6.92 Å². The van der Waals surface area contributed by atoms with Crippen LogP contribution in [0.15, 0.2) is 45.6 Å². The second-order valence-electron chi connectivity index (χ2n) is 6.55. The Morgan fingerprint density at radius 2 is 1.84 bits per heavy atom. The van der Waals surface area contributed by atoms with E-state index in [0.717, 1.165) is 0 Å². The van der Waals surface area contributed by atoms with Gasteiger partial charge in [-0.1, -0.05) is 12.1 Å². The van der Waals surface area contributed by atoms with Crippen LogP contribution in [0.25, 0.3) is 11.0 Å². The normalized spacial score (nSPS) is 10.5. The molecule has 3 rings (SSSR count). The highest BCUT2D eigenvalue weighted by molar-refractivity contribution is 5.97. The maximum Gasteiger partial charge on any atom is 0.351 e. The van der Waals surface area contributed by atoms with Crippen molar-refractivity contribution in [3.05, 3.63) is 68.1 Å². The van der Waals surface area contributed by atoms with Gasteiger partial charge in [0.25, 0.3) is 5.91 Å². The van der Waals surface area contributed by atoms with Crippen LogP contribution in [0.5, 0.6) is 11.5 Å². The third kappa shape index (κ3) is 4.51. The molecule has 11 heteroatoms. The number of carbonyl (C=O) groups is 2. The molecule has 32 heavy (non-hydrogen) atoms. The summed E-state index contributed by atoms with van der Waals surface area (Å²) in [7, 11) is 2.67. The van der Waals surface area contributed by atoms with E-state index in [-0.39, 0.29) is 28.3 Å². The van der Waals surface area contributed by atoms with Gasteiger partial charge in [0.15, 0.2) is 23.7 Å². The van der Waals surface area contributed by atoms with Crippen molar-refractivity contribution in [3.8, 4) is 11.5 Å². The van der Waals surface area contributed by atoms with E-state index in [9.17, 15) is 24.5 Å². The third-order valence-corrected chi connectivity index (χ3v) is 4.49. The zero-order valence-corrected chi connectivity index (χ0v) is 17.3. The van der Waals surface area contributed by atoms with E-state index in [1.54, 1.807) is 25.1 Å². The number of hydrogen-bond acceptors (Lipinski definition) is 9. The number of amides is 1. The average Bonchev–Trinajstić information content (AvgIpc) is 2.77. The minimum atomic E-state index is -1.04. The van der Waals surface area contributed by atoms with Gasteiger partial charge in [0.2, 0.25) is 0 Å². The molecule has 1 N–H and O–H groups in total. The van der Waals surface area contributed by atoms with Gasteiger partial charge in [-0.25, -0.2) is 9.59 Å². The molecule has 1 heterocycles. The van der Waals surface area contributed by atoms with Gasteiger partial charge in [0.05, 0.1) is 19.1 Å². The topological polar surface area (TPSA) is 147 Å². The van der Waals surface area contributed by atoms with Crippen molar-refractivity contribution < 1.29 is 33.1 Å². The van der Waals surface area contributed by atoms with E-state index in [4.69, 9.17) is 18.6 Å². The number of carbonyl (C=O) groups excluding carboxylic acids is 2. The van der Waals surface area contributed by atoms with Gasteiger partial charge in [0.1, 0.15) is 5.56 Å². The minimum absolute atomic E-state index is 0.0444. The molecule has 0 fully saturated rings. The number of hydrogen-bond donors (Lipinski definition) is 1. The molecule has 2 aromatic carbocycles. The first-order valence-electron chi connectivity index (χ1n) is 9.16. The van der Waals surface area contributed by atoms with Crippen LogP contribution in [-0.4, -0.2) is 37.6 Å². The highest BCUT2D eigenvalue weighted by Crippen LogP contribution is 2.32. The van der Waals surface area contributed by atoms with Gasteiger partial charge < -0.3 is 23.9 Å². The maximum atomic E-state index is 12.3. The molecule has 166 valence electrons. The first-order chi connectivity index (χ1) is 15.2. The smallest absolute Gasteiger partial charge is 0.351 e. The lowest BCUT2D eigenvalue weighted by Crippen LogP contribution is -2.24. The number of fused-ring (bicyclic) bond motifs is 1. The largest absolute Gasteiger partial charge is 0.493 e. The van der Waals surface area contributed by atoms with Crippen LogP contribution in [0, 0.1) is 17.0 Å². The van der Waals surface area contributed by atoms with Crippen LogP contribution in [-0.2, 0) is 9.53 Å². The van der Waals surface area contributed by atoms with Gasteiger partial charge in [0, 0.05) is 23.2 Å². The number of anilines is 1. The number of methoxy groups -OCH3 is 2. The molecular weight excluding hydrogens is 424 g/mol. The van der Waals surface area contributed by atoms with Crippen LogP contribution in [0.4, 0.5) is 11.4 Å². The van der Waals surface area contributed by atoms with Crippen molar-refractivity contribution in [3.63, 3.8) is 0 Å². The fourth-order valence-electron chi connectivity index (χ4n) is 2.93. The highest BCUT2D eigenvalue weighted by Gasteiger charge is 2.20. The summed E-state index contributed by atoms with van der Waals surface area (Å²) in [6.07, 6.45) is 0. The summed E-state index contributed by atoms with van der Waals surface area (Å²) in [5, 5.41) is 14.0. The Labute approximate surface area is 180 Å². The summed E-state index contributed by atoms with van der Waals surface area (Å²) in [4.78, 5) is 47.2. The number of benzene rings is 2. The molecule has 0 bridgehead atoms. The Morgan fingerprint density at radius 3 is 2.50 bits per heavy atom. The van der Waals surface area contributed by atoms with Crippen molar-refractivity contribution in [2.75, 3.05) is 26.1 Å². The van der Waals surface area contributed by atoms with Gasteiger partial charge in [-0.15, -0.1) is 0 Å². The average molecular weight is 442 g/mol. The van der Waals surface area contributed by atoms with Crippen LogP contribution < -0.4 is 20.4 Å². The first-order valence-corrected chi connectivity index (χ1v) is 9.16. The minimum Gasteiger partial charge on any atom is -0.493 e. The first kappa shape index (κ1) is 22.3. The molecule has 0 unspecified atom stereocenters. The van der Waals surface area contributed by atoms with Crippen LogP contribution in [0.2, 0.25) is 0 Å². The predicted octanol–water partition coefficient (Wildman–Crippen LogP) is 2.82. The van der Waals surface area contributed by atoms with Gasteiger partial charge in [-0.3, -0.25) is 14.9 Å². The molecule has 0 aliphatic rings. The number of para-hydroxylation sites is 1. The van der Waals surface area contributed by atoms with E-state index < -0.39 is 29.0 Å². The van der Waals surface area contributed by atoms with Gasteiger partial charge in [-0.05, 0) is 24.6 Å². The summed E-state index contributed by atoms with van der Waals surface area (Å²) in [6, 6.07) is 8.70. The van der Waals surface area contributed by atoms with E-state index in [0.29, 0.717) is 16.7 Å². The number of esters is 1. The standard InChI is InChI=1S/C21H18N2O9/c1-11-7-15(23(27)28)17(30-3)9-14(11)22-18(24)10-31-20(25)13-8-12-5-4-6-16(29-2)19(12)32-21(13)26/h4-9H,10H2,1-3H3,(H,22,24). The molecule has 0 radical (unpaired) electrons. The number of ether oxygens (including phenoxy) is 3. The highest BCUT2D eigenvalue weighted by atomic mass is 16.6. The monoisotopic (exact) mass is 442 g/mol. The Kier molecular flexibility index (Phi) is 6.38. The number of nitrogens with zero attached hydrogens (tertiary/aromatic N) is 1. The molecule has 0 aliphatic heterocycles. The molecule has 0 spiro atoms. The molecule has 0 atom stereocenters. The zero-order chi connectivity index (χ0) is 23.4.